The summed E-state index contributed by atoms with van der Waals surface area (Å²) in [7, 11) is 0. The Labute approximate surface area is 142 Å². The standard InChI is InChI=1S/C17H24ClN3O2/c1-11(2)8-16(22)20-13-4-5-15(18)14(9-13)17(23)21-7-6-19-10-12(21)3/h4-5,9,11-12,19H,6-8,10H2,1-3H3,(H,20,22). The smallest absolute Gasteiger partial charge is 0.255 e. The molecule has 1 aliphatic rings. The molecule has 2 rings (SSSR count). The van der Waals surface area contributed by atoms with E-state index in [1.54, 1.807) is 18.2 Å². The molecule has 1 aliphatic heterocycles. The monoisotopic (exact) mass is 337 g/mol. The third-order valence-corrected chi connectivity index (χ3v) is 4.17. The van der Waals surface area contributed by atoms with Crippen LogP contribution in [0.3, 0.4) is 0 Å². The van der Waals surface area contributed by atoms with Crippen molar-refractivity contribution in [2.45, 2.75) is 33.2 Å². The van der Waals surface area contributed by atoms with Crippen LogP contribution in [-0.4, -0.2) is 42.4 Å². The topological polar surface area (TPSA) is 61.4 Å². The molecule has 1 aromatic rings. The molecular weight excluding hydrogens is 314 g/mol. The fraction of sp³-hybridized carbons (Fsp3) is 0.529. The van der Waals surface area contributed by atoms with Crippen molar-refractivity contribution >= 4 is 29.1 Å². The Morgan fingerprint density at radius 1 is 1.43 bits per heavy atom. The first-order chi connectivity index (χ1) is 10.9. The highest BCUT2D eigenvalue weighted by atomic mass is 35.5. The molecular formula is C17H24ClN3O2. The summed E-state index contributed by atoms with van der Waals surface area (Å²) < 4.78 is 0. The molecule has 2 N–H and O–H groups in total. The molecule has 0 aliphatic carbocycles. The van der Waals surface area contributed by atoms with Crippen molar-refractivity contribution in [2.24, 2.45) is 5.92 Å². The number of anilines is 1. The van der Waals surface area contributed by atoms with Crippen molar-refractivity contribution in [3.63, 3.8) is 0 Å². The van der Waals surface area contributed by atoms with Gasteiger partial charge in [-0.2, -0.15) is 0 Å². The maximum Gasteiger partial charge on any atom is 0.255 e. The van der Waals surface area contributed by atoms with Crippen LogP contribution in [0.2, 0.25) is 5.02 Å². The van der Waals surface area contributed by atoms with E-state index in [0.29, 0.717) is 29.2 Å². The largest absolute Gasteiger partial charge is 0.333 e. The Hall–Kier alpha value is -1.59. The van der Waals surface area contributed by atoms with Gasteiger partial charge in [0.1, 0.15) is 0 Å². The number of benzene rings is 1. The molecule has 126 valence electrons. The molecule has 23 heavy (non-hydrogen) atoms. The molecule has 2 amide bonds. The zero-order chi connectivity index (χ0) is 17.0. The van der Waals surface area contributed by atoms with Gasteiger partial charge in [-0.05, 0) is 31.0 Å². The molecule has 6 heteroatoms. The first kappa shape index (κ1) is 17.8. The van der Waals surface area contributed by atoms with Crippen LogP contribution in [0, 0.1) is 5.92 Å². The number of carbonyl (C=O) groups excluding carboxylic acids is 2. The normalized spacial score (nSPS) is 18.1. The second-order valence-corrected chi connectivity index (χ2v) is 6.80. The zero-order valence-electron chi connectivity index (χ0n) is 13.9. The van der Waals surface area contributed by atoms with E-state index in [-0.39, 0.29) is 23.8 Å². The predicted octanol–water partition coefficient (Wildman–Crippen LogP) is 2.76. The third kappa shape index (κ3) is 4.69. The molecule has 0 saturated carbocycles. The van der Waals surface area contributed by atoms with Crippen LogP contribution >= 0.6 is 11.6 Å². The second-order valence-electron chi connectivity index (χ2n) is 6.39. The lowest BCUT2D eigenvalue weighted by molar-refractivity contribution is -0.116. The summed E-state index contributed by atoms with van der Waals surface area (Å²) in [6.07, 6.45) is 0.445. The lowest BCUT2D eigenvalue weighted by atomic mass is 10.1. The predicted molar refractivity (Wildman–Crippen MR) is 92.9 cm³/mol. The van der Waals surface area contributed by atoms with Gasteiger partial charge in [-0.3, -0.25) is 9.59 Å². The summed E-state index contributed by atoms with van der Waals surface area (Å²) in [5.41, 5.74) is 1.04. The Balaban J connectivity index is 2.16. The van der Waals surface area contributed by atoms with Crippen LogP contribution in [0.15, 0.2) is 18.2 Å². The Morgan fingerprint density at radius 2 is 2.17 bits per heavy atom. The summed E-state index contributed by atoms with van der Waals surface area (Å²) in [5.74, 6) is 0.130. The Kier molecular flexibility index (Phi) is 6.02. The number of rotatable bonds is 4. The van der Waals surface area contributed by atoms with E-state index in [1.165, 1.54) is 0 Å². The van der Waals surface area contributed by atoms with E-state index in [0.717, 1.165) is 13.1 Å². The summed E-state index contributed by atoms with van der Waals surface area (Å²) in [6, 6.07) is 5.16. The van der Waals surface area contributed by atoms with Crippen molar-refractivity contribution in [3.8, 4) is 0 Å². The van der Waals surface area contributed by atoms with Gasteiger partial charge in [0, 0.05) is 37.8 Å². The molecule has 0 spiro atoms. The van der Waals surface area contributed by atoms with Gasteiger partial charge in [0.15, 0.2) is 0 Å². The van der Waals surface area contributed by atoms with E-state index in [1.807, 2.05) is 25.7 Å². The Bertz CT molecular complexity index is 589. The number of carbonyl (C=O) groups is 2. The van der Waals surface area contributed by atoms with E-state index in [4.69, 9.17) is 11.6 Å². The van der Waals surface area contributed by atoms with Gasteiger partial charge in [-0.25, -0.2) is 0 Å². The van der Waals surface area contributed by atoms with Crippen LogP contribution in [0.25, 0.3) is 0 Å². The third-order valence-electron chi connectivity index (χ3n) is 3.84. The average Bonchev–Trinajstić information content (AvgIpc) is 2.48. The average molecular weight is 338 g/mol. The highest BCUT2D eigenvalue weighted by Gasteiger charge is 2.25. The fourth-order valence-electron chi connectivity index (χ4n) is 2.65. The van der Waals surface area contributed by atoms with Gasteiger partial charge in [0.2, 0.25) is 5.91 Å². The molecule has 1 heterocycles. The number of nitrogens with one attached hydrogen (secondary N) is 2. The van der Waals surface area contributed by atoms with Crippen molar-refractivity contribution in [2.75, 3.05) is 25.0 Å². The number of halogens is 1. The summed E-state index contributed by atoms with van der Waals surface area (Å²) in [4.78, 5) is 26.5. The maximum absolute atomic E-state index is 12.7. The van der Waals surface area contributed by atoms with Gasteiger partial charge in [-0.15, -0.1) is 0 Å². The van der Waals surface area contributed by atoms with Crippen molar-refractivity contribution < 1.29 is 9.59 Å². The van der Waals surface area contributed by atoms with Crippen LogP contribution in [0.4, 0.5) is 5.69 Å². The highest BCUT2D eigenvalue weighted by molar-refractivity contribution is 6.34. The van der Waals surface area contributed by atoms with Gasteiger partial charge in [-0.1, -0.05) is 25.4 Å². The zero-order valence-corrected chi connectivity index (χ0v) is 14.6. The van der Waals surface area contributed by atoms with E-state index in [9.17, 15) is 9.59 Å². The molecule has 1 saturated heterocycles. The molecule has 1 fully saturated rings. The molecule has 5 nitrogen and oxygen atoms in total. The number of hydrogen-bond donors (Lipinski definition) is 2. The SMILES string of the molecule is CC(C)CC(=O)Nc1ccc(Cl)c(C(=O)N2CCNCC2C)c1. The van der Waals surface area contributed by atoms with Gasteiger partial charge >= 0.3 is 0 Å². The van der Waals surface area contributed by atoms with Gasteiger partial charge in [0.25, 0.3) is 5.91 Å². The van der Waals surface area contributed by atoms with Crippen molar-refractivity contribution in [1.29, 1.82) is 0 Å². The number of nitrogens with zero attached hydrogens (tertiary/aromatic N) is 1. The van der Waals surface area contributed by atoms with E-state index < -0.39 is 0 Å². The lowest BCUT2D eigenvalue weighted by Crippen LogP contribution is -2.52. The summed E-state index contributed by atoms with van der Waals surface area (Å²) in [5, 5.41) is 6.49. The summed E-state index contributed by atoms with van der Waals surface area (Å²) in [6.45, 7) is 8.18. The van der Waals surface area contributed by atoms with Gasteiger partial charge < -0.3 is 15.5 Å². The quantitative estimate of drug-likeness (QED) is 0.888. The number of hydrogen-bond acceptors (Lipinski definition) is 3. The Morgan fingerprint density at radius 3 is 2.83 bits per heavy atom. The van der Waals surface area contributed by atoms with E-state index in [2.05, 4.69) is 10.6 Å². The van der Waals surface area contributed by atoms with Crippen LogP contribution in [0.5, 0.6) is 0 Å². The first-order valence-corrected chi connectivity index (χ1v) is 8.37. The number of amides is 2. The fourth-order valence-corrected chi connectivity index (χ4v) is 2.85. The second kappa shape index (κ2) is 7.79. The minimum atomic E-state index is -0.0936. The van der Waals surface area contributed by atoms with Gasteiger partial charge in [0.05, 0.1) is 10.6 Å². The van der Waals surface area contributed by atoms with Crippen LogP contribution < -0.4 is 10.6 Å². The highest BCUT2D eigenvalue weighted by Crippen LogP contribution is 2.23. The maximum atomic E-state index is 12.7. The molecule has 0 aromatic heterocycles. The lowest BCUT2D eigenvalue weighted by Gasteiger charge is -2.34. The van der Waals surface area contributed by atoms with Crippen molar-refractivity contribution in [3.05, 3.63) is 28.8 Å². The van der Waals surface area contributed by atoms with E-state index >= 15 is 0 Å². The minimum Gasteiger partial charge on any atom is -0.333 e. The van der Waals surface area contributed by atoms with Crippen molar-refractivity contribution in [1.82, 2.24) is 10.2 Å². The molecule has 1 aromatic carbocycles. The molecule has 0 bridgehead atoms. The minimum absolute atomic E-state index is 0.0590. The molecule has 1 atom stereocenters. The number of piperazine rings is 1. The summed E-state index contributed by atoms with van der Waals surface area (Å²) >= 11 is 6.20. The first-order valence-electron chi connectivity index (χ1n) is 7.99. The van der Waals surface area contributed by atoms with Crippen LogP contribution in [0.1, 0.15) is 37.6 Å². The molecule has 1 unspecified atom stereocenters. The van der Waals surface area contributed by atoms with Crippen LogP contribution in [-0.2, 0) is 4.79 Å². The molecule has 0 radical (unpaired) electrons.